The molecule has 0 spiro atoms. The lowest BCUT2D eigenvalue weighted by atomic mass is 10.2. The minimum atomic E-state index is -2.95. The topological polar surface area (TPSA) is 38.3 Å². The molecule has 0 bridgehead atoms. The molecule has 7 heteroatoms. The van der Waals surface area contributed by atoms with Gasteiger partial charge in [0.2, 0.25) is 5.91 Å². The van der Waals surface area contributed by atoms with Gasteiger partial charge in [0.1, 0.15) is 5.75 Å². The molecule has 0 heterocycles. The maximum Gasteiger partial charge on any atom is 0.387 e. The van der Waals surface area contributed by atoms with Crippen molar-refractivity contribution in [1.82, 2.24) is 0 Å². The predicted octanol–water partition coefficient (Wildman–Crippen LogP) is 4.98. The van der Waals surface area contributed by atoms with Crippen LogP contribution in [0.5, 0.6) is 5.75 Å². The van der Waals surface area contributed by atoms with E-state index in [2.05, 4.69) is 10.1 Å². The van der Waals surface area contributed by atoms with Gasteiger partial charge in [-0.1, -0.05) is 29.3 Å². The first kappa shape index (κ1) is 17.6. The van der Waals surface area contributed by atoms with Crippen molar-refractivity contribution in [3.05, 3.63) is 53.1 Å². The Labute approximate surface area is 142 Å². The molecule has 0 atom stereocenters. The predicted molar refractivity (Wildman–Crippen MR) is 88.6 cm³/mol. The van der Waals surface area contributed by atoms with Crippen LogP contribution in [0.25, 0.3) is 0 Å². The lowest BCUT2D eigenvalue weighted by Crippen LogP contribution is -2.14. The van der Waals surface area contributed by atoms with Crippen molar-refractivity contribution in [2.75, 3.05) is 11.1 Å². The summed E-state index contributed by atoms with van der Waals surface area (Å²) in [5, 5.41) is 2.67. The lowest BCUT2D eigenvalue weighted by molar-refractivity contribution is -0.113. The summed E-state index contributed by atoms with van der Waals surface area (Å²) >= 11 is 7.24. The van der Waals surface area contributed by atoms with Crippen LogP contribution < -0.4 is 10.1 Å². The molecule has 122 valence electrons. The van der Waals surface area contributed by atoms with E-state index in [9.17, 15) is 13.6 Å². The third-order valence-electron chi connectivity index (χ3n) is 2.79. The quantitative estimate of drug-likeness (QED) is 0.741. The molecule has 0 unspecified atom stereocenters. The van der Waals surface area contributed by atoms with Gasteiger partial charge in [-0.2, -0.15) is 8.78 Å². The minimum Gasteiger partial charge on any atom is -0.433 e. The van der Waals surface area contributed by atoms with Gasteiger partial charge in [0.25, 0.3) is 0 Å². The number of thioether (sulfide) groups is 1. The van der Waals surface area contributed by atoms with Crippen molar-refractivity contribution in [3.8, 4) is 5.75 Å². The number of carbonyl (C=O) groups excluding carboxylic acids is 1. The average Bonchev–Trinajstić information content (AvgIpc) is 2.48. The number of carbonyl (C=O) groups is 1. The molecule has 0 aliphatic heterocycles. The van der Waals surface area contributed by atoms with Crippen molar-refractivity contribution >= 4 is 35.0 Å². The molecule has 0 fully saturated rings. The van der Waals surface area contributed by atoms with Crippen LogP contribution in [-0.4, -0.2) is 18.3 Å². The van der Waals surface area contributed by atoms with Crippen LogP contribution in [0.15, 0.2) is 47.4 Å². The Morgan fingerprint density at radius 3 is 2.74 bits per heavy atom. The molecule has 2 aromatic carbocycles. The van der Waals surface area contributed by atoms with Crippen LogP contribution in [0, 0.1) is 6.92 Å². The fraction of sp³-hybridized carbons (Fsp3) is 0.188. The highest BCUT2D eigenvalue weighted by molar-refractivity contribution is 8.00. The lowest BCUT2D eigenvalue weighted by Gasteiger charge is -2.09. The molecular formula is C16H14ClF2NO2S. The molecular weight excluding hydrogens is 344 g/mol. The van der Waals surface area contributed by atoms with Crippen molar-refractivity contribution in [2.24, 2.45) is 0 Å². The molecule has 0 aliphatic rings. The summed E-state index contributed by atoms with van der Waals surface area (Å²) in [6, 6.07) is 11.9. The van der Waals surface area contributed by atoms with Crippen LogP contribution in [0.2, 0.25) is 5.02 Å². The molecule has 3 nitrogen and oxygen atoms in total. The van der Waals surface area contributed by atoms with Gasteiger partial charge in [0.15, 0.2) is 0 Å². The van der Waals surface area contributed by atoms with Crippen molar-refractivity contribution in [2.45, 2.75) is 18.4 Å². The van der Waals surface area contributed by atoms with E-state index in [1.807, 2.05) is 31.2 Å². The number of hydrogen-bond acceptors (Lipinski definition) is 3. The van der Waals surface area contributed by atoms with Crippen LogP contribution in [-0.2, 0) is 4.79 Å². The first-order valence-corrected chi connectivity index (χ1v) is 8.04. The second-order valence-corrected chi connectivity index (χ2v) is 6.13. The Hall–Kier alpha value is -1.79. The average molecular weight is 358 g/mol. The Bertz CT molecular complexity index is 698. The number of halogens is 3. The molecule has 0 aliphatic carbocycles. The van der Waals surface area contributed by atoms with Gasteiger partial charge in [0.05, 0.1) is 10.8 Å². The molecule has 1 N–H and O–H groups in total. The van der Waals surface area contributed by atoms with Gasteiger partial charge in [-0.25, -0.2) is 0 Å². The van der Waals surface area contributed by atoms with E-state index in [4.69, 9.17) is 11.6 Å². The van der Waals surface area contributed by atoms with E-state index in [-0.39, 0.29) is 22.4 Å². The molecule has 0 aromatic heterocycles. The Morgan fingerprint density at radius 1 is 1.30 bits per heavy atom. The van der Waals surface area contributed by atoms with Gasteiger partial charge in [-0.15, -0.1) is 11.8 Å². The zero-order valence-corrected chi connectivity index (χ0v) is 13.8. The Kier molecular flexibility index (Phi) is 6.24. The van der Waals surface area contributed by atoms with E-state index >= 15 is 0 Å². The highest BCUT2D eigenvalue weighted by Gasteiger charge is 2.10. The maximum absolute atomic E-state index is 12.1. The van der Waals surface area contributed by atoms with Gasteiger partial charge >= 0.3 is 6.61 Å². The summed E-state index contributed by atoms with van der Waals surface area (Å²) < 4.78 is 28.5. The monoisotopic (exact) mass is 357 g/mol. The summed E-state index contributed by atoms with van der Waals surface area (Å²) in [6.45, 7) is -0.964. The number of ether oxygens (including phenoxy) is 1. The zero-order valence-electron chi connectivity index (χ0n) is 12.2. The summed E-state index contributed by atoms with van der Waals surface area (Å²) in [5.41, 5.74) is 1.54. The summed E-state index contributed by atoms with van der Waals surface area (Å²) in [7, 11) is 0. The second kappa shape index (κ2) is 8.17. The third kappa shape index (κ3) is 5.73. The largest absolute Gasteiger partial charge is 0.433 e. The number of alkyl halides is 2. The third-order valence-corrected chi connectivity index (χ3v) is 4.08. The first-order valence-electron chi connectivity index (χ1n) is 6.68. The number of nitrogens with one attached hydrogen (secondary N) is 1. The second-order valence-electron chi connectivity index (χ2n) is 4.68. The molecule has 2 rings (SSSR count). The van der Waals surface area contributed by atoms with Gasteiger partial charge in [-0.05, 0) is 37.3 Å². The van der Waals surface area contributed by atoms with E-state index in [1.54, 1.807) is 0 Å². The zero-order chi connectivity index (χ0) is 16.8. The van der Waals surface area contributed by atoms with Crippen LogP contribution in [0.4, 0.5) is 14.5 Å². The standard InChI is InChI=1S/C16H14ClF2NO2S/c1-10-3-2-4-12(7-10)23-9-15(21)20-11-5-6-14(13(17)8-11)22-16(18)19/h2-8,16H,9H2,1H3,(H,20,21). The Morgan fingerprint density at radius 2 is 2.09 bits per heavy atom. The van der Waals surface area contributed by atoms with Crippen LogP contribution >= 0.6 is 23.4 Å². The molecule has 0 saturated heterocycles. The molecule has 0 radical (unpaired) electrons. The summed E-state index contributed by atoms with van der Waals surface area (Å²) in [6.07, 6.45) is 0. The van der Waals surface area contributed by atoms with E-state index in [1.165, 1.54) is 30.0 Å². The number of aryl methyl sites for hydroxylation is 1. The van der Waals surface area contributed by atoms with Crippen molar-refractivity contribution < 1.29 is 18.3 Å². The van der Waals surface area contributed by atoms with Crippen molar-refractivity contribution in [1.29, 1.82) is 0 Å². The van der Waals surface area contributed by atoms with Crippen molar-refractivity contribution in [3.63, 3.8) is 0 Å². The van der Waals surface area contributed by atoms with Gasteiger partial charge in [0, 0.05) is 10.6 Å². The number of benzene rings is 2. The van der Waals surface area contributed by atoms with Crippen LogP contribution in [0.1, 0.15) is 5.56 Å². The highest BCUT2D eigenvalue weighted by atomic mass is 35.5. The summed E-state index contributed by atoms with van der Waals surface area (Å²) in [5.74, 6) is -0.111. The molecule has 23 heavy (non-hydrogen) atoms. The fourth-order valence-electron chi connectivity index (χ4n) is 1.82. The summed E-state index contributed by atoms with van der Waals surface area (Å²) in [4.78, 5) is 12.9. The Balaban J connectivity index is 1.91. The number of hydrogen-bond donors (Lipinski definition) is 1. The van der Waals surface area contributed by atoms with Gasteiger partial charge < -0.3 is 10.1 Å². The van der Waals surface area contributed by atoms with E-state index in [0.717, 1.165) is 10.5 Å². The number of anilines is 1. The highest BCUT2D eigenvalue weighted by Crippen LogP contribution is 2.29. The van der Waals surface area contributed by atoms with E-state index < -0.39 is 6.61 Å². The minimum absolute atomic E-state index is 0.00874. The van der Waals surface area contributed by atoms with Gasteiger partial charge in [-0.3, -0.25) is 4.79 Å². The SMILES string of the molecule is Cc1cccc(SCC(=O)Nc2ccc(OC(F)F)c(Cl)c2)c1. The first-order chi connectivity index (χ1) is 10.9. The number of rotatable bonds is 6. The molecule has 2 aromatic rings. The fourth-order valence-corrected chi connectivity index (χ4v) is 2.86. The molecule has 0 saturated carbocycles. The molecule has 1 amide bonds. The number of amides is 1. The van der Waals surface area contributed by atoms with Crippen LogP contribution in [0.3, 0.4) is 0 Å². The smallest absolute Gasteiger partial charge is 0.387 e. The maximum atomic E-state index is 12.1. The normalized spacial score (nSPS) is 10.7. The van der Waals surface area contributed by atoms with E-state index in [0.29, 0.717) is 5.69 Å².